The van der Waals surface area contributed by atoms with E-state index in [2.05, 4.69) is 25.6 Å². The van der Waals surface area contributed by atoms with Gasteiger partial charge in [-0.15, -0.1) is 0 Å². The third kappa shape index (κ3) is 3.89. The van der Waals surface area contributed by atoms with Crippen molar-refractivity contribution < 1.29 is 22.7 Å². The van der Waals surface area contributed by atoms with Gasteiger partial charge in [-0.1, -0.05) is 6.92 Å². The normalized spacial score (nSPS) is 21.6. The number of alkyl halides is 3. The summed E-state index contributed by atoms with van der Waals surface area (Å²) in [5, 5.41) is 5.74. The molecular formula is C19H21F3N6O2. The van der Waals surface area contributed by atoms with Crippen LogP contribution in [0, 0.1) is 0 Å². The van der Waals surface area contributed by atoms with Crippen molar-refractivity contribution in [2.24, 2.45) is 0 Å². The maximum Gasteiger partial charge on any atom is 0.416 e. The molecule has 0 aromatic carbocycles. The standard InChI is InChI=1S/C19H21F3N6O2/c1-3-13-15-16(24-9-25-17(15)27-18(29)30-13)12-6-11(19(20,21)22)7-14(26-12)28-5-4-23-10(2)8-28/h6-7,9-10,13,23H,3-5,8H2,1-2H3,(H,24,25,27,29)/t10-,13-/m0/s1. The van der Waals surface area contributed by atoms with Crippen LogP contribution in [-0.2, 0) is 10.9 Å². The number of rotatable bonds is 3. The van der Waals surface area contributed by atoms with E-state index in [1.807, 2.05) is 11.8 Å². The number of hydrogen-bond acceptors (Lipinski definition) is 7. The van der Waals surface area contributed by atoms with E-state index in [-0.39, 0.29) is 29.1 Å². The van der Waals surface area contributed by atoms with E-state index < -0.39 is 23.9 Å². The van der Waals surface area contributed by atoms with E-state index in [0.29, 0.717) is 31.6 Å². The number of ether oxygens (including phenoxy) is 1. The molecule has 0 radical (unpaired) electrons. The van der Waals surface area contributed by atoms with Crippen LogP contribution in [0.3, 0.4) is 0 Å². The zero-order valence-electron chi connectivity index (χ0n) is 16.5. The van der Waals surface area contributed by atoms with Crippen molar-refractivity contribution in [2.75, 3.05) is 29.9 Å². The number of aromatic nitrogens is 3. The largest absolute Gasteiger partial charge is 0.441 e. The number of cyclic esters (lactones) is 1. The van der Waals surface area contributed by atoms with Gasteiger partial charge >= 0.3 is 12.3 Å². The number of fused-ring (bicyclic) bond motifs is 1. The molecule has 0 aliphatic carbocycles. The smallest absolute Gasteiger partial charge is 0.416 e. The zero-order chi connectivity index (χ0) is 21.5. The monoisotopic (exact) mass is 422 g/mol. The van der Waals surface area contributed by atoms with Crippen molar-refractivity contribution in [1.29, 1.82) is 0 Å². The number of halogens is 3. The molecule has 4 heterocycles. The third-order valence-electron chi connectivity index (χ3n) is 5.12. The van der Waals surface area contributed by atoms with Crippen molar-refractivity contribution >= 4 is 17.7 Å². The van der Waals surface area contributed by atoms with Gasteiger partial charge in [-0.25, -0.2) is 19.7 Å². The molecule has 1 fully saturated rings. The van der Waals surface area contributed by atoms with Gasteiger partial charge in [0, 0.05) is 25.7 Å². The first-order chi connectivity index (χ1) is 14.3. The Morgan fingerprint density at radius 2 is 2.10 bits per heavy atom. The molecule has 30 heavy (non-hydrogen) atoms. The van der Waals surface area contributed by atoms with Crippen LogP contribution in [0.1, 0.15) is 37.5 Å². The molecule has 2 atom stereocenters. The summed E-state index contributed by atoms with van der Waals surface area (Å²) in [6.45, 7) is 5.49. The molecule has 2 aliphatic rings. The van der Waals surface area contributed by atoms with Crippen molar-refractivity contribution in [2.45, 2.75) is 38.6 Å². The van der Waals surface area contributed by atoms with Gasteiger partial charge in [-0.2, -0.15) is 13.2 Å². The second kappa shape index (κ2) is 7.71. The molecule has 2 aliphatic heterocycles. The highest BCUT2D eigenvalue weighted by atomic mass is 19.4. The predicted molar refractivity (Wildman–Crippen MR) is 103 cm³/mol. The van der Waals surface area contributed by atoms with Gasteiger partial charge in [0.2, 0.25) is 0 Å². The molecule has 2 aromatic rings. The zero-order valence-corrected chi connectivity index (χ0v) is 16.5. The van der Waals surface area contributed by atoms with Gasteiger partial charge < -0.3 is 15.0 Å². The summed E-state index contributed by atoms with van der Waals surface area (Å²) >= 11 is 0. The predicted octanol–water partition coefficient (Wildman–Crippen LogP) is 3.37. The Bertz CT molecular complexity index is 968. The number of hydrogen-bond donors (Lipinski definition) is 2. The Morgan fingerprint density at radius 1 is 1.30 bits per heavy atom. The molecule has 11 heteroatoms. The molecule has 0 saturated carbocycles. The van der Waals surface area contributed by atoms with Gasteiger partial charge in [0.15, 0.2) is 0 Å². The third-order valence-corrected chi connectivity index (χ3v) is 5.12. The summed E-state index contributed by atoms with van der Waals surface area (Å²) in [7, 11) is 0. The number of piperazine rings is 1. The fraction of sp³-hybridized carbons (Fsp3) is 0.474. The lowest BCUT2D eigenvalue weighted by Crippen LogP contribution is -2.49. The summed E-state index contributed by atoms with van der Waals surface area (Å²) in [5.74, 6) is 0.453. The minimum atomic E-state index is -4.55. The first-order valence-corrected chi connectivity index (χ1v) is 9.66. The van der Waals surface area contributed by atoms with E-state index in [1.54, 1.807) is 6.92 Å². The Balaban J connectivity index is 1.86. The molecule has 0 spiro atoms. The van der Waals surface area contributed by atoms with Crippen LogP contribution in [0.25, 0.3) is 11.4 Å². The molecular weight excluding hydrogens is 401 g/mol. The highest BCUT2D eigenvalue weighted by Gasteiger charge is 2.35. The minimum Gasteiger partial charge on any atom is -0.441 e. The lowest BCUT2D eigenvalue weighted by atomic mass is 10.0. The van der Waals surface area contributed by atoms with Crippen molar-refractivity contribution in [1.82, 2.24) is 20.3 Å². The Morgan fingerprint density at radius 3 is 2.80 bits per heavy atom. The van der Waals surface area contributed by atoms with Crippen molar-refractivity contribution in [3.63, 3.8) is 0 Å². The maximum atomic E-state index is 13.7. The molecule has 0 bridgehead atoms. The molecule has 0 unspecified atom stereocenters. The summed E-state index contributed by atoms with van der Waals surface area (Å²) in [5.41, 5.74) is -0.119. The summed E-state index contributed by atoms with van der Waals surface area (Å²) < 4.78 is 46.3. The average Bonchev–Trinajstić information content (AvgIpc) is 2.71. The minimum absolute atomic E-state index is 0.0582. The van der Waals surface area contributed by atoms with Crippen molar-refractivity contribution in [3.8, 4) is 11.4 Å². The highest BCUT2D eigenvalue weighted by Crippen LogP contribution is 2.39. The van der Waals surface area contributed by atoms with Crippen LogP contribution in [0.2, 0.25) is 0 Å². The van der Waals surface area contributed by atoms with E-state index in [1.165, 1.54) is 6.33 Å². The van der Waals surface area contributed by atoms with Crippen LogP contribution in [0.5, 0.6) is 0 Å². The van der Waals surface area contributed by atoms with Crippen LogP contribution in [-0.4, -0.2) is 46.7 Å². The fourth-order valence-electron chi connectivity index (χ4n) is 3.71. The van der Waals surface area contributed by atoms with Crippen LogP contribution in [0.4, 0.5) is 29.6 Å². The van der Waals surface area contributed by atoms with Gasteiger partial charge in [0.25, 0.3) is 0 Å². The number of amides is 1. The quantitative estimate of drug-likeness (QED) is 0.784. The summed E-state index contributed by atoms with van der Waals surface area (Å²) in [6.07, 6.45) is -4.27. The van der Waals surface area contributed by atoms with Crippen molar-refractivity contribution in [3.05, 3.63) is 29.6 Å². The van der Waals surface area contributed by atoms with Gasteiger partial charge in [0.05, 0.1) is 16.8 Å². The highest BCUT2D eigenvalue weighted by molar-refractivity contribution is 5.88. The van der Waals surface area contributed by atoms with Gasteiger partial charge in [0.1, 0.15) is 29.8 Å². The van der Waals surface area contributed by atoms with E-state index in [0.717, 1.165) is 12.1 Å². The van der Waals surface area contributed by atoms with Crippen LogP contribution >= 0.6 is 0 Å². The van der Waals surface area contributed by atoms with E-state index in [4.69, 9.17) is 4.74 Å². The average molecular weight is 422 g/mol. The fourth-order valence-corrected chi connectivity index (χ4v) is 3.71. The second-order valence-corrected chi connectivity index (χ2v) is 7.31. The number of carbonyl (C=O) groups is 1. The lowest BCUT2D eigenvalue weighted by molar-refractivity contribution is -0.137. The van der Waals surface area contributed by atoms with Gasteiger partial charge in [-0.05, 0) is 25.5 Å². The number of carbonyl (C=O) groups excluding carboxylic acids is 1. The Hall–Kier alpha value is -2.95. The molecule has 2 aromatic heterocycles. The summed E-state index contributed by atoms with van der Waals surface area (Å²) in [4.78, 5) is 26.3. The van der Waals surface area contributed by atoms with E-state index >= 15 is 0 Å². The topological polar surface area (TPSA) is 92.3 Å². The summed E-state index contributed by atoms with van der Waals surface area (Å²) in [6, 6.07) is 2.16. The van der Waals surface area contributed by atoms with E-state index in [9.17, 15) is 18.0 Å². The molecule has 2 N–H and O–H groups in total. The first-order valence-electron chi connectivity index (χ1n) is 9.66. The molecule has 1 saturated heterocycles. The van der Waals surface area contributed by atoms with Gasteiger partial charge in [-0.3, -0.25) is 5.32 Å². The molecule has 8 nitrogen and oxygen atoms in total. The SMILES string of the molecule is CC[C@@H]1OC(=O)Nc2ncnc(-c3cc(C(F)(F)F)cc(N4CCN[C@@H](C)C4)n3)c21. The van der Waals surface area contributed by atoms with Crippen LogP contribution in [0.15, 0.2) is 18.5 Å². The Kier molecular flexibility index (Phi) is 5.22. The first kappa shape index (κ1) is 20.3. The molecule has 4 rings (SSSR count). The Labute approximate surface area is 170 Å². The second-order valence-electron chi connectivity index (χ2n) is 7.31. The molecule has 160 valence electrons. The number of anilines is 2. The number of nitrogens with one attached hydrogen (secondary N) is 2. The lowest BCUT2D eigenvalue weighted by Gasteiger charge is -2.33. The number of pyridine rings is 1. The maximum absolute atomic E-state index is 13.7. The number of nitrogens with zero attached hydrogens (tertiary/aromatic N) is 4. The molecule has 1 amide bonds. The van der Waals surface area contributed by atoms with Crippen LogP contribution < -0.4 is 15.5 Å².